The summed E-state index contributed by atoms with van der Waals surface area (Å²) in [5.41, 5.74) is 2.03. The van der Waals surface area contributed by atoms with Gasteiger partial charge in [0, 0.05) is 23.1 Å². The number of aromatic amines is 1. The zero-order valence-corrected chi connectivity index (χ0v) is 13.3. The molecule has 0 bridgehead atoms. The summed E-state index contributed by atoms with van der Waals surface area (Å²) in [6.45, 7) is 2.44. The number of nitrogens with one attached hydrogen (secondary N) is 2. The van der Waals surface area contributed by atoms with E-state index >= 15 is 0 Å². The fraction of sp³-hybridized carbons (Fsp3) is 0.467. The Morgan fingerprint density at radius 1 is 1.45 bits per heavy atom. The van der Waals surface area contributed by atoms with Crippen molar-refractivity contribution in [2.45, 2.75) is 38.1 Å². The van der Waals surface area contributed by atoms with E-state index in [2.05, 4.69) is 10.3 Å². The van der Waals surface area contributed by atoms with E-state index in [1.54, 1.807) is 6.07 Å². The SMILES string of the molecule is CC(Oc1cccc2[nH]cc(CC3CCCN3)c12)P(=O)(O)O. The lowest BCUT2D eigenvalue weighted by atomic mass is 10.0. The van der Waals surface area contributed by atoms with Gasteiger partial charge in [0.2, 0.25) is 0 Å². The average Bonchev–Trinajstić information content (AvgIpc) is 3.09. The standard InChI is InChI=1S/C15H21N2O4P/c1-10(22(18,19)20)21-14-6-2-5-13-15(14)11(9-17-13)8-12-4-3-7-16-12/h2,5-6,9-10,12,16-17H,3-4,7-8H2,1H3,(H2,18,19,20). The highest BCUT2D eigenvalue weighted by molar-refractivity contribution is 7.52. The second-order valence-corrected chi connectivity index (χ2v) is 7.70. The van der Waals surface area contributed by atoms with Crippen molar-refractivity contribution in [2.75, 3.05) is 6.54 Å². The van der Waals surface area contributed by atoms with Gasteiger partial charge in [-0.05, 0) is 50.4 Å². The first-order chi connectivity index (χ1) is 10.4. The van der Waals surface area contributed by atoms with E-state index in [0.717, 1.165) is 35.9 Å². The number of rotatable bonds is 5. The summed E-state index contributed by atoms with van der Waals surface area (Å²) in [6.07, 6.45) is 5.17. The second-order valence-electron chi connectivity index (χ2n) is 5.80. The molecule has 1 fully saturated rings. The Morgan fingerprint density at radius 3 is 2.95 bits per heavy atom. The van der Waals surface area contributed by atoms with Crippen molar-refractivity contribution in [3.63, 3.8) is 0 Å². The van der Waals surface area contributed by atoms with Crippen molar-refractivity contribution >= 4 is 18.5 Å². The minimum absolute atomic E-state index is 0.450. The van der Waals surface area contributed by atoms with Gasteiger partial charge in [-0.3, -0.25) is 4.57 Å². The minimum atomic E-state index is -4.27. The van der Waals surface area contributed by atoms with Crippen LogP contribution in [0.4, 0.5) is 0 Å². The molecule has 1 saturated heterocycles. The van der Waals surface area contributed by atoms with Gasteiger partial charge in [-0.1, -0.05) is 6.07 Å². The van der Waals surface area contributed by atoms with Crippen molar-refractivity contribution < 1.29 is 19.1 Å². The third-order valence-electron chi connectivity index (χ3n) is 4.15. The molecular weight excluding hydrogens is 303 g/mol. The van der Waals surface area contributed by atoms with Gasteiger partial charge in [0.15, 0.2) is 5.85 Å². The topological polar surface area (TPSA) is 94.6 Å². The van der Waals surface area contributed by atoms with Gasteiger partial charge in [0.1, 0.15) is 5.75 Å². The molecule has 0 radical (unpaired) electrons. The quantitative estimate of drug-likeness (QED) is 0.634. The summed E-state index contributed by atoms with van der Waals surface area (Å²) in [7, 11) is -4.27. The number of fused-ring (bicyclic) bond motifs is 1. The third-order valence-corrected chi connectivity index (χ3v) is 5.20. The van der Waals surface area contributed by atoms with Gasteiger partial charge in [-0.25, -0.2) is 0 Å². The molecule has 0 aliphatic carbocycles. The Labute approximate surface area is 129 Å². The maximum atomic E-state index is 11.3. The Hall–Kier alpha value is -1.33. The Bertz CT molecular complexity index is 703. The van der Waals surface area contributed by atoms with Crippen LogP contribution in [0.3, 0.4) is 0 Å². The fourth-order valence-electron chi connectivity index (χ4n) is 2.93. The zero-order valence-electron chi connectivity index (χ0n) is 12.5. The molecule has 2 aromatic rings. The summed E-state index contributed by atoms with van der Waals surface area (Å²) in [6, 6.07) is 5.97. The molecule has 3 rings (SSSR count). The number of hydrogen-bond acceptors (Lipinski definition) is 3. The summed E-state index contributed by atoms with van der Waals surface area (Å²) >= 11 is 0. The van der Waals surface area contributed by atoms with Crippen LogP contribution in [0.25, 0.3) is 10.9 Å². The first kappa shape index (κ1) is 15.6. The highest BCUT2D eigenvalue weighted by Crippen LogP contribution is 2.43. The minimum Gasteiger partial charge on any atom is -0.477 e. The van der Waals surface area contributed by atoms with Crippen LogP contribution in [0.2, 0.25) is 0 Å². The number of H-pyrrole nitrogens is 1. The van der Waals surface area contributed by atoms with E-state index in [4.69, 9.17) is 4.74 Å². The van der Waals surface area contributed by atoms with Crippen LogP contribution in [0.15, 0.2) is 24.4 Å². The van der Waals surface area contributed by atoms with Crippen molar-refractivity contribution in [2.24, 2.45) is 0 Å². The Balaban J connectivity index is 1.92. The third kappa shape index (κ3) is 3.20. The van der Waals surface area contributed by atoms with E-state index in [-0.39, 0.29) is 0 Å². The molecule has 7 heteroatoms. The molecule has 1 aromatic heterocycles. The molecule has 0 amide bonds. The maximum Gasteiger partial charge on any atom is 0.365 e. The van der Waals surface area contributed by atoms with E-state index in [9.17, 15) is 14.4 Å². The largest absolute Gasteiger partial charge is 0.477 e. The van der Waals surface area contributed by atoms with Gasteiger partial charge in [0.05, 0.1) is 0 Å². The molecule has 6 nitrogen and oxygen atoms in total. The fourth-order valence-corrected chi connectivity index (χ4v) is 3.18. The number of benzene rings is 1. The van der Waals surface area contributed by atoms with Crippen LogP contribution in [0.1, 0.15) is 25.3 Å². The predicted octanol–water partition coefficient (Wildman–Crippen LogP) is 2.36. The Kier molecular flexibility index (Phi) is 4.28. The molecule has 4 N–H and O–H groups in total. The molecule has 2 unspecified atom stereocenters. The zero-order chi connectivity index (χ0) is 15.7. The van der Waals surface area contributed by atoms with E-state index < -0.39 is 13.4 Å². The van der Waals surface area contributed by atoms with Crippen LogP contribution in [-0.4, -0.2) is 33.2 Å². The molecule has 22 heavy (non-hydrogen) atoms. The summed E-state index contributed by atoms with van der Waals surface area (Å²) in [5.74, 6) is -0.645. The van der Waals surface area contributed by atoms with Gasteiger partial charge in [0.25, 0.3) is 0 Å². The average molecular weight is 324 g/mol. The normalized spacial score (nSPS) is 20.4. The predicted molar refractivity (Wildman–Crippen MR) is 85.2 cm³/mol. The summed E-state index contributed by atoms with van der Waals surface area (Å²) in [4.78, 5) is 21.7. The lowest BCUT2D eigenvalue weighted by Gasteiger charge is -2.17. The van der Waals surface area contributed by atoms with Crippen LogP contribution in [0.5, 0.6) is 5.75 Å². The molecule has 1 aliphatic rings. The van der Waals surface area contributed by atoms with E-state index in [1.165, 1.54) is 13.3 Å². The molecular formula is C15H21N2O4P. The van der Waals surface area contributed by atoms with Gasteiger partial charge in [-0.2, -0.15) is 0 Å². The van der Waals surface area contributed by atoms with Crippen molar-refractivity contribution in [1.29, 1.82) is 0 Å². The number of hydrogen-bond donors (Lipinski definition) is 4. The van der Waals surface area contributed by atoms with Crippen LogP contribution in [0, 0.1) is 0 Å². The summed E-state index contributed by atoms with van der Waals surface area (Å²) < 4.78 is 16.9. The summed E-state index contributed by atoms with van der Waals surface area (Å²) in [5, 5.41) is 4.38. The number of ether oxygens (including phenoxy) is 1. The Morgan fingerprint density at radius 2 is 2.27 bits per heavy atom. The van der Waals surface area contributed by atoms with Gasteiger partial charge in [-0.15, -0.1) is 0 Å². The molecule has 1 aliphatic heterocycles. The van der Waals surface area contributed by atoms with E-state index in [1.807, 2.05) is 18.3 Å². The van der Waals surface area contributed by atoms with E-state index in [0.29, 0.717) is 11.8 Å². The van der Waals surface area contributed by atoms with Gasteiger partial charge < -0.3 is 24.8 Å². The highest BCUT2D eigenvalue weighted by Gasteiger charge is 2.27. The maximum absolute atomic E-state index is 11.3. The lowest BCUT2D eigenvalue weighted by Crippen LogP contribution is -2.23. The van der Waals surface area contributed by atoms with Crippen molar-refractivity contribution in [3.05, 3.63) is 30.0 Å². The number of aromatic nitrogens is 1. The molecule has 2 heterocycles. The monoisotopic (exact) mass is 324 g/mol. The van der Waals surface area contributed by atoms with Crippen LogP contribution < -0.4 is 10.1 Å². The van der Waals surface area contributed by atoms with Gasteiger partial charge >= 0.3 is 7.60 Å². The first-order valence-electron chi connectivity index (χ1n) is 7.49. The van der Waals surface area contributed by atoms with Crippen LogP contribution >= 0.6 is 7.60 Å². The molecule has 0 saturated carbocycles. The second kappa shape index (κ2) is 6.05. The molecule has 120 valence electrons. The highest BCUT2D eigenvalue weighted by atomic mass is 31.2. The molecule has 0 spiro atoms. The van der Waals surface area contributed by atoms with Crippen molar-refractivity contribution in [3.8, 4) is 5.75 Å². The lowest BCUT2D eigenvalue weighted by molar-refractivity contribution is 0.239. The first-order valence-corrected chi connectivity index (χ1v) is 9.17. The smallest absolute Gasteiger partial charge is 0.365 e. The molecule has 2 atom stereocenters. The van der Waals surface area contributed by atoms with Crippen molar-refractivity contribution in [1.82, 2.24) is 10.3 Å². The van der Waals surface area contributed by atoms with Crippen LogP contribution in [-0.2, 0) is 11.0 Å². The molecule has 1 aromatic carbocycles.